The number of nitrogens with one attached hydrogen (secondary N) is 1. The molecule has 0 aliphatic heterocycles. The second kappa shape index (κ2) is 8.48. The van der Waals surface area contributed by atoms with Gasteiger partial charge in [-0.2, -0.15) is 0 Å². The third-order valence-corrected chi connectivity index (χ3v) is 4.00. The van der Waals surface area contributed by atoms with Crippen LogP contribution in [0.5, 0.6) is 0 Å². The molecule has 1 aliphatic carbocycles. The van der Waals surface area contributed by atoms with Crippen LogP contribution in [0.4, 0.5) is 0 Å². The summed E-state index contributed by atoms with van der Waals surface area (Å²) in [5, 5.41) is 3.00. The average Bonchev–Trinajstić information content (AvgIpc) is 2.89. The first-order chi connectivity index (χ1) is 8.63. The van der Waals surface area contributed by atoms with Gasteiger partial charge in [0.15, 0.2) is 0 Å². The fourth-order valence-corrected chi connectivity index (χ4v) is 2.48. The van der Waals surface area contributed by atoms with Gasteiger partial charge in [0.25, 0.3) is 0 Å². The zero-order valence-electron chi connectivity index (χ0n) is 12.0. The van der Waals surface area contributed by atoms with Crippen LogP contribution in [0.1, 0.15) is 45.4 Å². The van der Waals surface area contributed by atoms with Crippen LogP contribution in [0.3, 0.4) is 0 Å². The van der Waals surface area contributed by atoms with Gasteiger partial charge in [0.2, 0.25) is 5.91 Å². The monoisotopic (exact) mass is 255 g/mol. The van der Waals surface area contributed by atoms with E-state index in [0.717, 1.165) is 25.6 Å². The predicted octanol–water partition coefficient (Wildman–Crippen LogP) is 1.35. The molecule has 1 fully saturated rings. The normalized spacial score (nSPS) is 18.2. The van der Waals surface area contributed by atoms with Gasteiger partial charge in [0, 0.05) is 25.6 Å². The van der Waals surface area contributed by atoms with E-state index in [1.54, 1.807) is 0 Å². The summed E-state index contributed by atoms with van der Waals surface area (Å²) < 4.78 is 0. The lowest BCUT2D eigenvalue weighted by atomic mass is 10.1. The zero-order valence-corrected chi connectivity index (χ0v) is 12.0. The first kappa shape index (κ1) is 15.4. The highest BCUT2D eigenvalue weighted by Crippen LogP contribution is 2.21. The highest BCUT2D eigenvalue weighted by molar-refractivity contribution is 5.75. The molecule has 4 nitrogen and oxygen atoms in total. The van der Waals surface area contributed by atoms with Gasteiger partial charge < -0.3 is 16.0 Å². The first-order valence-corrected chi connectivity index (χ1v) is 7.30. The van der Waals surface area contributed by atoms with Gasteiger partial charge in [0.05, 0.1) is 0 Å². The Kier molecular flexibility index (Phi) is 7.28. The van der Waals surface area contributed by atoms with Crippen LogP contribution in [0.2, 0.25) is 0 Å². The number of rotatable bonds is 8. The summed E-state index contributed by atoms with van der Waals surface area (Å²) in [7, 11) is 2.17. The Morgan fingerprint density at radius 3 is 2.72 bits per heavy atom. The molecule has 3 N–H and O–H groups in total. The van der Waals surface area contributed by atoms with Crippen molar-refractivity contribution < 1.29 is 4.79 Å². The number of carbonyl (C=O) groups is 1. The Morgan fingerprint density at radius 1 is 1.44 bits per heavy atom. The highest BCUT2D eigenvalue weighted by atomic mass is 16.1. The summed E-state index contributed by atoms with van der Waals surface area (Å²) in [6.45, 7) is 4.48. The molecule has 0 heterocycles. The van der Waals surface area contributed by atoms with E-state index in [4.69, 9.17) is 5.73 Å². The number of amides is 1. The van der Waals surface area contributed by atoms with Crippen molar-refractivity contribution in [1.82, 2.24) is 10.2 Å². The molecule has 0 radical (unpaired) electrons. The molecular formula is C14H29N3O. The van der Waals surface area contributed by atoms with Crippen molar-refractivity contribution >= 4 is 5.91 Å². The fraction of sp³-hybridized carbons (Fsp3) is 0.929. The van der Waals surface area contributed by atoms with Gasteiger partial charge >= 0.3 is 0 Å². The van der Waals surface area contributed by atoms with E-state index in [9.17, 15) is 4.79 Å². The number of hydrogen-bond acceptors (Lipinski definition) is 3. The van der Waals surface area contributed by atoms with E-state index in [1.807, 2.05) is 0 Å². The molecule has 1 unspecified atom stereocenters. The van der Waals surface area contributed by atoms with Gasteiger partial charge in [-0.05, 0) is 38.8 Å². The summed E-state index contributed by atoms with van der Waals surface area (Å²) in [5.74, 6) is 0.604. The summed E-state index contributed by atoms with van der Waals surface area (Å²) in [5.41, 5.74) is 5.53. The second-order valence-corrected chi connectivity index (χ2v) is 5.65. The molecule has 0 aromatic heterocycles. The molecule has 0 bridgehead atoms. The molecule has 1 aliphatic rings. The number of hydrogen-bond donors (Lipinski definition) is 2. The number of nitrogens with zero attached hydrogens (tertiary/aromatic N) is 1. The average molecular weight is 255 g/mol. The topological polar surface area (TPSA) is 58.4 Å². The van der Waals surface area contributed by atoms with Crippen LogP contribution in [0, 0.1) is 5.92 Å². The van der Waals surface area contributed by atoms with Crippen molar-refractivity contribution in [3.05, 3.63) is 0 Å². The summed E-state index contributed by atoms with van der Waals surface area (Å²) in [6, 6.07) is 0.735. The van der Waals surface area contributed by atoms with Crippen molar-refractivity contribution in [1.29, 1.82) is 0 Å². The second-order valence-electron chi connectivity index (χ2n) is 5.65. The predicted molar refractivity (Wildman–Crippen MR) is 75.3 cm³/mol. The molecule has 106 valence electrons. The largest absolute Gasteiger partial charge is 0.355 e. The quantitative estimate of drug-likeness (QED) is 0.688. The molecule has 0 aromatic carbocycles. The van der Waals surface area contributed by atoms with Crippen molar-refractivity contribution in [2.75, 3.05) is 26.7 Å². The lowest BCUT2D eigenvalue weighted by Gasteiger charge is -2.23. The van der Waals surface area contributed by atoms with E-state index in [-0.39, 0.29) is 5.91 Å². The van der Waals surface area contributed by atoms with Gasteiger partial charge in [-0.25, -0.2) is 0 Å². The molecule has 0 saturated heterocycles. The van der Waals surface area contributed by atoms with Crippen molar-refractivity contribution in [3.63, 3.8) is 0 Å². The van der Waals surface area contributed by atoms with E-state index in [1.165, 1.54) is 25.7 Å². The molecule has 1 amide bonds. The van der Waals surface area contributed by atoms with Crippen molar-refractivity contribution in [2.24, 2.45) is 11.7 Å². The summed E-state index contributed by atoms with van der Waals surface area (Å²) >= 11 is 0. The van der Waals surface area contributed by atoms with E-state index < -0.39 is 0 Å². The molecule has 1 saturated carbocycles. The van der Waals surface area contributed by atoms with Crippen LogP contribution in [0.25, 0.3) is 0 Å². The number of carbonyl (C=O) groups excluding carboxylic acids is 1. The van der Waals surface area contributed by atoms with E-state index in [0.29, 0.717) is 18.9 Å². The maximum atomic E-state index is 11.6. The Labute approximate surface area is 111 Å². The van der Waals surface area contributed by atoms with E-state index in [2.05, 4.69) is 24.2 Å². The van der Waals surface area contributed by atoms with Crippen molar-refractivity contribution in [2.45, 2.75) is 51.5 Å². The minimum Gasteiger partial charge on any atom is -0.355 e. The van der Waals surface area contributed by atoms with Gasteiger partial charge in [-0.3, -0.25) is 4.79 Å². The molecule has 0 aromatic rings. The SMILES string of the molecule is CC(CN)CCC(=O)NCCN(C)C1CCCC1. The third kappa shape index (κ3) is 5.83. The Bertz CT molecular complexity index is 239. The maximum absolute atomic E-state index is 11.6. The Balaban J connectivity index is 2.04. The molecule has 4 heteroatoms. The molecule has 1 atom stereocenters. The van der Waals surface area contributed by atoms with Gasteiger partial charge in [0.1, 0.15) is 0 Å². The highest BCUT2D eigenvalue weighted by Gasteiger charge is 2.18. The Morgan fingerprint density at radius 2 is 2.11 bits per heavy atom. The summed E-state index contributed by atoms with van der Waals surface area (Å²) in [4.78, 5) is 14.0. The lowest BCUT2D eigenvalue weighted by Crippen LogP contribution is -2.37. The first-order valence-electron chi connectivity index (χ1n) is 7.30. The van der Waals surface area contributed by atoms with Crippen LogP contribution in [-0.4, -0.2) is 43.5 Å². The molecule has 0 spiro atoms. The van der Waals surface area contributed by atoms with Crippen LogP contribution in [-0.2, 0) is 4.79 Å². The van der Waals surface area contributed by atoms with Crippen LogP contribution in [0.15, 0.2) is 0 Å². The minimum absolute atomic E-state index is 0.162. The third-order valence-electron chi connectivity index (χ3n) is 4.00. The lowest BCUT2D eigenvalue weighted by molar-refractivity contribution is -0.121. The standard InChI is InChI=1S/C14H29N3O/c1-12(11-15)7-8-14(18)16-9-10-17(2)13-5-3-4-6-13/h12-13H,3-11,15H2,1-2H3,(H,16,18). The van der Waals surface area contributed by atoms with Crippen molar-refractivity contribution in [3.8, 4) is 0 Å². The van der Waals surface area contributed by atoms with E-state index >= 15 is 0 Å². The van der Waals surface area contributed by atoms with Gasteiger partial charge in [-0.15, -0.1) is 0 Å². The molecular weight excluding hydrogens is 226 g/mol. The fourth-order valence-electron chi connectivity index (χ4n) is 2.48. The maximum Gasteiger partial charge on any atom is 0.220 e. The van der Waals surface area contributed by atoms with Crippen LogP contribution >= 0.6 is 0 Å². The summed E-state index contributed by atoms with van der Waals surface area (Å²) in [6.07, 6.45) is 6.85. The van der Waals surface area contributed by atoms with Gasteiger partial charge in [-0.1, -0.05) is 19.8 Å². The zero-order chi connectivity index (χ0) is 13.4. The smallest absolute Gasteiger partial charge is 0.220 e. The minimum atomic E-state index is 0.162. The molecule has 18 heavy (non-hydrogen) atoms. The number of likely N-dealkylation sites (N-methyl/N-ethyl adjacent to an activating group) is 1. The molecule has 1 rings (SSSR count). The Hall–Kier alpha value is -0.610. The van der Waals surface area contributed by atoms with Crippen LogP contribution < -0.4 is 11.1 Å². The number of nitrogens with two attached hydrogens (primary N) is 1.